The second-order valence-electron chi connectivity index (χ2n) is 5.62. The fraction of sp³-hybridized carbons (Fsp3) is 0.625. The molecule has 0 aliphatic heterocycles. The molecule has 1 aromatic carbocycles. The van der Waals surface area contributed by atoms with Crippen LogP contribution in [-0.4, -0.2) is 12.6 Å². The van der Waals surface area contributed by atoms with Crippen molar-refractivity contribution in [3.8, 4) is 0 Å². The molecule has 0 heterocycles. The molecular formula is C16H25F2N. The maximum Gasteiger partial charge on any atom is 0.129 e. The second kappa shape index (κ2) is 6.99. The summed E-state index contributed by atoms with van der Waals surface area (Å²) in [5.74, 6) is -0.869. The molecule has 0 aromatic heterocycles. The van der Waals surface area contributed by atoms with Gasteiger partial charge in [0, 0.05) is 18.2 Å². The maximum absolute atomic E-state index is 13.8. The third-order valence-electron chi connectivity index (χ3n) is 4.00. The average molecular weight is 269 g/mol. The molecule has 1 nitrogen and oxygen atoms in total. The van der Waals surface area contributed by atoms with E-state index in [0.29, 0.717) is 12.5 Å². The minimum absolute atomic E-state index is 0.0900. The van der Waals surface area contributed by atoms with Crippen LogP contribution in [0.15, 0.2) is 18.2 Å². The van der Waals surface area contributed by atoms with E-state index in [1.807, 2.05) is 0 Å². The van der Waals surface area contributed by atoms with Crippen LogP contribution in [0.1, 0.15) is 46.1 Å². The van der Waals surface area contributed by atoms with Gasteiger partial charge in [-0.15, -0.1) is 0 Å². The predicted molar refractivity (Wildman–Crippen MR) is 76.2 cm³/mol. The first-order valence-corrected chi connectivity index (χ1v) is 7.10. The molecule has 0 fully saturated rings. The van der Waals surface area contributed by atoms with Gasteiger partial charge in [-0.05, 0) is 36.8 Å². The third-order valence-corrected chi connectivity index (χ3v) is 4.00. The van der Waals surface area contributed by atoms with Gasteiger partial charge in [-0.1, -0.05) is 33.8 Å². The van der Waals surface area contributed by atoms with Crippen molar-refractivity contribution in [2.75, 3.05) is 6.54 Å². The number of hydrogen-bond donors (Lipinski definition) is 1. The normalized spacial score (nSPS) is 12.2. The van der Waals surface area contributed by atoms with E-state index in [-0.39, 0.29) is 11.0 Å². The molecule has 1 rings (SSSR count). The number of benzene rings is 1. The van der Waals surface area contributed by atoms with Gasteiger partial charge < -0.3 is 5.32 Å². The Kier molecular flexibility index (Phi) is 5.92. The highest BCUT2D eigenvalue weighted by molar-refractivity contribution is 5.21. The lowest BCUT2D eigenvalue weighted by Crippen LogP contribution is -2.38. The van der Waals surface area contributed by atoms with Gasteiger partial charge in [-0.2, -0.15) is 0 Å². The predicted octanol–water partition coefficient (Wildman–Crippen LogP) is 4.31. The molecule has 0 atom stereocenters. The first-order valence-electron chi connectivity index (χ1n) is 7.10. The molecule has 0 saturated carbocycles. The van der Waals surface area contributed by atoms with E-state index in [1.54, 1.807) is 0 Å². The zero-order valence-corrected chi connectivity index (χ0v) is 12.4. The third kappa shape index (κ3) is 4.27. The second-order valence-corrected chi connectivity index (χ2v) is 5.62. The van der Waals surface area contributed by atoms with E-state index in [9.17, 15) is 8.78 Å². The summed E-state index contributed by atoms with van der Waals surface area (Å²) in [4.78, 5) is 0. The Balaban J connectivity index is 2.94. The number of halogens is 2. The molecule has 0 aliphatic carbocycles. The molecule has 0 spiro atoms. The lowest BCUT2D eigenvalue weighted by molar-refractivity contribution is 0.234. The van der Waals surface area contributed by atoms with Gasteiger partial charge in [0.05, 0.1) is 0 Å². The summed E-state index contributed by atoms with van der Waals surface area (Å²) in [6.45, 7) is 9.12. The Morgan fingerprint density at radius 1 is 1.11 bits per heavy atom. The van der Waals surface area contributed by atoms with Crippen molar-refractivity contribution in [2.24, 2.45) is 5.41 Å². The molecule has 0 bridgehead atoms. The summed E-state index contributed by atoms with van der Waals surface area (Å²) in [5, 5.41) is 3.40. The van der Waals surface area contributed by atoms with Crippen LogP contribution in [0.25, 0.3) is 0 Å². The van der Waals surface area contributed by atoms with Crippen molar-refractivity contribution in [1.82, 2.24) is 5.32 Å². The highest BCUT2D eigenvalue weighted by Crippen LogP contribution is 2.32. The van der Waals surface area contributed by atoms with E-state index in [2.05, 4.69) is 33.0 Å². The molecular weight excluding hydrogens is 244 g/mol. The van der Waals surface area contributed by atoms with Crippen LogP contribution in [0.5, 0.6) is 0 Å². The average Bonchev–Trinajstić information content (AvgIpc) is 2.38. The van der Waals surface area contributed by atoms with Gasteiger partial charge >= 0.3 is 0 Å². The van der Waals surface area contributed by atoms with Gasteiger partial charge in [0.2, 0.25) is 0 Å². The van der Waals surface area contributed by atoms with Crippen LogP contribution < -0.4 is 5.32 Å². The SMILES string of the molecule is CCC(CC)(CNC(C)C)Cc1c(F)cccc1F. The standard InChI is InChI=1S/C16H25F2N/c1-5-16(6-2,11-19-12(3)4)10-13-14(17)8-7-9-15(13)18/h7-9,12,19H,5-6,10-11H2,1-4H3. The first-order chi connectivity index (χ1) is 8.94. The lowest BCUT2D eigenvalue weighted by atomic mass is 9.76. The van der Waals surface area contributed by atoms with Crippen LogP contribution in [-0.2, 0) is 6.42 Å². The lowest BCUT2D eigenvalue weighted by Gasteiger charge is -2.33. The molecule has 0 amide bonds. The van der Waals surface area contributed by atoms with E-state index >= 15 is 0 Å². The molecule has 0 aliphatic rings. The van der Waals surface area contributed by atoms with E-state index in [4.69, 9.17) is 0 Å². The molecule has 19 heavy (non-hydrogen) atoms. The van der Waals surface area contributed by atoms with Crippen molar-refractivity contribution in [3.05, 3.63) is 35.4 Å². The summed E-state index contributed by atoms with van der Waals surface area (Å²) in [6, 6.07) is 4.47. The van der Waals surface area contributed by atoms with Crippen LogP contribution in [0.4, 0.5) is 8.78 Å². The van der Waals surface area contributed by atoms with Crippen LogP contribution in [0.3, 0.4) is 0 Å². The highest BCUT2D eigenvalue weighted by Gasteiger charge is 2.29. The maximum atomic E-state index is 13.8. The number of rotatable bonds is 7. The largest absolute Gasteiger partial charge is 0.314 e. The topological polar surface area (TPSA) is 12.0 Å². The van der Waals surface area contributed by atoms with Crippen LogP contribution in [0, 0.1) is 17.0 Å². The zero-order valence-electron chi connectivity index (χ0n) is 12.4. The molecule has 0 radical (unpaired) electrons. The van der Waals surface area contributed by atoms with E-state index in [0.717, 1.165) is 19.4 Å². The zero-order chi connectivity index (χ0) is 14.5. The molecule has 0 unspecified atom stereocenters. The summed E-state index contributed by atoms with van der Waals surface area (Å²) in [6.07, 6.45) is 2.24. The van der Waals surface area contributed by atoms with Crippen LogP contribution >= 0.6 is 0 Å². The fourth-order valence-corrected chi connectivity index (χ4v) is 2.31. The molecule has 1 N–H and O–H groups in total. The van der Waals surface area contributed by atoms with E-state index in [1.165, 1.54) is 18.2 Å². The molecule has 0 saturated heterocycles. The Bertz CT molecular complexity index is 377. The van der Waals surface area contributed by atoms with Gasteiger partial charge in [0.15, 0.2) is 0 Å². The summed E-state index contributed by atoms with van der Waals surface area (Å²) >= 11 is 0. The van der Waals surface area contributed by atoms with Gasteiger partial charge in [-0.3, -0.25) is 0 Å². The van der Waals surface area contributed by atoms with Crippen molar-refractivity contribution in [3.63, 3.8) is 0 Å². The quantitative estimate of drug-likeness (QED) is 0.777. The summed E-state index contributed by atoms with van der Waals surface area (Å²) in [7, 11) is 0. The first kappa shape index (κ1) is 16.1. The van der Waals surface area contributed by atoms with Crippen molar-refractivity contribution < 1.29 is 8.78 Å². The molecule has 108 valence electrons. The minimum Gasteiger partial charge on any atom is -0.314 e. The Morgan fingerprint density at radius 3 is 2.05 bits per heavy atom. The number of hydrogen-bond acceptors (Lipinski definition) is 1. The Labute approximate surface area is 115 Å². The van der Waals surface area contributed by atoms with Gasteiger partial charge in [0.25, 0.3) is 0 Å². The van der Waals surface area contributed by atoms with Crippen molar-refractivity contribution >= 4 is 0 Å². The minimum atomic E-state index is -0.434. The smallest absolute Gasteiger partial charge is 0.129 e. The molecule has 1 aromatic rings. The Hall–Kier alpha value is -0.960. The number of nitrogens with one attached hydrogen (secondary N) is 1. The van der Waals surface area contributed by atoms with Crippen molar-refractivity contribution in [2.45, 2.75) is 53.0 Å². The van der Waals surface area contributed by atoms with Gasteiger partial charge in [0.1, 0.15) is 11.6 Å². The Morgan fingerprint density at radius 2 is 1.63 bits per heavy atom. The van der Waals surface area contributed by atoms with Crippen molar-refractivity contribution in [1.29, 1.82) is 0 Å². The summed E-state index contributed by atoms with van der Waals surface area (Å²) in [5.41, 5.74) is 0.129. The van der Waals surface area contributed by atoms with E-state index < -0.39 is 11.6 Å². The fourth-order valence-electron chi connectivity index (χ4n) is 2.31. The summed E-state index contributed by atoms with van der Waals surface area (Å²) < 4.78 is 27.6. The van der Waals surface area contributed by atoms with Gasteiger partial charge in [-0.25, -0.2) is 8.78 Å². The molecule has 3 heteroatoms. The highest BCUT2D eigenvalue weighted by atomic mass is 19.1. The van der Waals surface area contributed by atoms with Crippen LogP contribution in [0.2, 0.25) is 0 Å². The monoisotopic (exact) mass is 269 g/mol.